The van der Waals surface area contributed by atoms with Gasteiger partial charge < -0.3 is 9.84 Å². The van der Waals surface area contributed by atoms with Crippen molar-refractivity contribution in [3.05, 3.63) is 46.0 Å². The molecule has 0 saturated carbocycles. The van der Waals surface area contributed by atoms with Gasteiger partial charge in [-0.25, -0.2) is 0 Å². The maximum Gasteiger partial charge on any atom is 0.244 e. The molecule has 0 aliphatic carbocycles. The summed E-state index contributed by atoms with van der Waals surface area (Å²) >= 11 is 3.46. The molecule has 144 valence electrons. The zero-order valence-electron chi connectivity index (χ0n) is 15.4. The average molecular weight is 433 g/mol. The minimum atomic E-state index is 0.185. The minimum absolute atomic E-state index is 0.185. The summed E-state index contributed by atoms with van der Waals surface area (Å²) < 4.78 is 6.69. The molecule has 2 saturated heterocycles. The fraction of sp³-hybridized carbons (Fsp3) is 0.550. The maximum absolute atomic E-state index is 11.6. The van der Waals surface area contributed by atoms with Gasteiger partial charge in [0.1, 0.15) is 0 Å². The van der Waals surface area contributed by atoms with Crippen LogP contribution in [0.25, 0.3) is 0 Å². The van der Waals surface area contributed by atoms with Crippen molar-refractivity contribution < 1.29 is 9.32 Å². The van der Waals surface area contributed by atoms with Crippen molar-refractivity contribution in [1.29, 1.82) is 0 Å². The van der Waals surface area contributed by atoms with E-state index in [1.54, 1.807) is 0 Å². The smallest absolute Gasteiger partial charge is 0.244 e. The molecular formula is C20H25BrN4O2. The largest absolute Gasteiger partial charge is 0.356 e. The number of aromatic nitrogens is 2. The molecule has 1 N–H and O–H groups in total. The molecule has 0 spiro atoms. The van der Waals surface area contributed by atoms with Crippen LogP contribution in [0.2, 0.25) is 0 Å². The van der Waals surface area contributed by atoms with Crippen LogP contribution in [0.15, 0.2) is 33.3 Å². The normalized spacial score (nSPS) is 24.0. The molecule has 3 heterocycles. The number of rotatable bonds is 5. The summed E-state index contributed by atoms with van der Waals surface area (Å²) in [6.45, 7) is 2.86. The fourth-order valence-electron chi connectivity index (χ4n) is 4.08. The summed E-state index contributed by atoms with van der Waals surface area (Å²) in [6, 6.07) is 8.42. The van der Waals surface area contributed by atoms with Gasteiger partial charge in [-0.2, -0.15) is 4.98 Å². The Morgan fingerprint density at radius 1 is 1.22 bits per heavy atom. The zero-order valence-corrected chi connectivity index (χ0v) is 17.0. The van der Waals surface area contributed by atoms with Crippen LogP contribution in [0.5, 0.6) is 0 Å². The molecular weight excluding hydrogens is 408 g/mol. The highest BCUT2D eigenvalue weighted by atomic mass is 79.9. The third-order valence-corrected chi connectivity index (χ3v) is 6.08. The summed E-state index contributed by atoms with van der Waals surface area (Å²) in [5.74, 6) is 2.21. The Bertz CT molecular complexity index is 777. The van der Waals surface area contributed by atoms with Crippen molar-refractivity contribution in [1.82, 2.24) is 20.4 Å². The summed E-state index contributed by atoms with van der Waals surface area (Å²) in [7, 11) is 0. The number of hydrogen-bond donors (Lipinski definition) is 1. The molecule has 27 heavy (non-hydrogen) atoms. The average Bonchev–Trinajstić information content (AvgIpc) is 3.25. The van der Waals surface area contributed by atoms with Crippen LogP contribution in [0.1, 0.15) is 55.4 Å². The highest BCUT2D eigenvalue weighted by Crippen LogP contribution is 2.33. The Labute approximate surface area is 167 Å². The Kier molecular flexibility index (Phi) is 5.88. The van der Waals surface area contributed by atoms with Crippen LogP contribution in [0.3, 0.4) is 0 Å². The predicted molar refractivity (Wildman–Crippen MR) is 105 cm³/mol. The molecule has 1 aromatic heterocycles. The van der Waals surface area contributed by atoms with E-state index in [1.807, 2.05) is 12.1 Å². The zero-order chi connectivity index (χ0) is 18.6. The third-order valence-electron chi connectivity index (χ3n) is 5.56. The van der Waals surface area contributed by atoms with E-state index in [0.29, 0.717) is 18.8 Å². The number of hydrogen-bond acceptors (Lipinski definition) is 5. The van der Waals surface area contributed by atoms with E-state index in [4.69, 9.17) is 4.52 Å². The van der Waals surface area contributed by atoms with Crippen molar-refractivity contribution in [3.63, 3.8) is 0 Å². The quantitative estimate of drug-likeness (QED) is 0.782. The molecule has 2 aromatic rings. The standard InChI is InChI=1S/C20H25BrN4O2/c21-16-6-3-14(4-7-16)12-18-23-20(27-24-18)17-2-1-11-25(17)13-15-5-8-19(26)22-10-9-15/h3-4,6-7,15,17H,1-2,5,8-13H2,(H,22,26). The number of carbonyl (C=O) groups is 1. The van der Waals surface area contributed by atoms with E-state index >= 15 is 0 Å². The summed E-state index contributed by atoms with van der Waals surface area (Å²) in [5, 5.41) is 7.18. The summed E-state index contributed by atoms with van der Waals surface area (Å²) in [5.41, 5.74) is 1.17. The first-order valence-corrected chi connectivity index (χ1v) is 10.5. The monoisotopic (exact) mass is 432 g/mol. The van der Waals surface area contributed by atoms with Gasteiger partial charge in [-0.15, -0.1) is 0 Å². The molecule has 4 rings (SSSR count). The van der Waals surface area contributed by atoms with Gasteiger partial charge >= 0.3 is 0 Å². The SMILES string of the molecule is O=C1CCC(CN2CCCC2c2nc(Cc3ccc(Br)cc3)no2)CCN1. The summed E-state index contributed by atoms with van der Waals surface area (Å²) in [4.78, 5) is 18.7. The fourth-order valence-corrected chi connectivity index (χ4v) is 4.35. The lowest BCUT2D eigenvalue weighted by Gasteiger charge is -2.26. The van der Waals surface area contributed by atoms with Crippen molar-refractivity contribution in [2.45, 2.75) is 44.6 Å². The minimum Gasteiger partial charge on any atom is -0.356 e. The molecule has 2 aliphatic rings. The molecule has 1 amide bonds. The lowest BCUT2D eigenvalue weighted by molar-refractivity contribution is -0.120. The van der Waals surface area contributed by atoms with Crippen LogP contribution in [0, 0.1) is 5.92 Å². The van der Waals surface area contributed by atoms with Gasteiger partial charge in [-0.05, 0) is 55.8 Å². The van der Waals surface area contributed by atoms with E-state index in [9.17, 15) is 4.79 Å². The Hall–Kier alpha value is -1.73. The van der Waals surface area contributed by atoms with Gasteiger partial charge in [-0.3, -0.25) is 9.69 Å². The second-order valence-electron chi connectivity index (χ2n) is 7.55. The number of benzene rings is 1. The molecule has 7 heteroatoms. The highest BCUT2D eigenvalue weighted by Gasteiger charge is 2.32. The number of amides is 1. The first kappa shape index (κ1) is 18.6. The molecule has 0 radical (unpaired) electrons. The molecule has 2 aliphatic heterocycles. The van der Waals surface area contributed by atoms with E-state index in [0.717, 1.165) is 61.5 Å². The number of nitrogens with one attached hydrogen (secondary N) is 1. The van der Waals surface area contributed by atoms with Crippen molar-refractivity contribution in [2.75, 3.05) is 19.6 Å². The van der Waals surface area contributed by atoms with Crippen molar-refractivity contribution in [3.8, 4) is 0 Å². The van der Waals surface area contributed by atoms with Gasteiger partial charge in [0.15, 0.2) is 5.82 Å². The van der Waals surface area contributed by atoms with Gasteiger partial charge in [-0.1, -0.05) is 33.2 Å². The predicted octanol–water partition coefficient (Wildman–Crippen LogP) is 3.48. The van der Waals surface area contributed by atoms with Crippen LogP contribution < -0.4 is 5.32 Å². The van der Waals surface area contributed by atoms with Gasteiger partial charge in [0.2, 0.25) is 11.8 Å². The summed E-state index contributed by atoms with van der Waals surface area (Å²) in [6.07, 6.45) is 5.55. The van der Waals surface area contributed by atoms with E-state index < -0.39 is 0 Å². The number of likely N-dealkylation sites (tertiary alicyclic amines) is 1. The van der Waals surface area contributed by atoms with Crippen LogP contribution in [0.4, 0.5) is 0 Å². The Morgan fingerprint density at radius 3 is 2.93 bits per heavy atom. The number of halogens is 1. The molecule has 2 atom stereocenters. The van der Waals surface area contributed by atoms with Crippen LogP contribution in [-0.4, -0.2) is 40.6 Å². The van der Waals surface area contributed by atoms with Crippen molar-refractivity contribution >= 4 is 21.8 Å². The third kappa shape index (κ3) is 4.76. The van der Waals surface area contributed by atoms with Gasteiger partial charge in [0.05, 0.1) is 6.04 Å². The lowest BCUT2D eigenvalue weighted by Crippen LogP contribution is -2.30. The first-order valence-electron chi connectivity index (χ1n) is 9.75. The van der Waals surface area contributed by atoms with E-state index in [2.05, 4.69) is 48.4 Å². The Balaban J connectivity index is 1.39. The Morgan fingerprint density at radius 2 is 2.07 bits per heavy atom. The molecule has 2 unspecified atom stereocenters. The molecule has 0 bridgehead atoms. The topological polar surface area (TPSA) is 71.3 Å². The van der Waals surface area contributed by atoms with Crippen molar-refractivity contribution in [2.24, 2.45) is 5.92 Å². The second kappa shape index (κ2) is 8.52. The maximum atomic E-state index is 11.6. The lowest BCUT2D eigenvalue weighted by atomic mass is 9.99. The highest BCUT2D eigenvalue weighted by molar-refractivity contribution is 9.10. The van der Waals surface area contributed by atoms with Crippen LogP contribution in [-0.2, 0) is 11.2 Å². The van der Waals surface area contributed by atoms with Gasteiger partial charge in [0, 0.05) is 30.4 Å². The van der Waals surface area contributed by atoms with E-state index in [-0.39, 0.29) is 11.9 Å². The number of nitrogens with zero attached hydrogens (tertiary/aromatic N) is 3. The second-order valence-corrected chi connectivity index (χ2v) is 8.46. The van der Waals surface area contributed by atoms with E-state index in [1.165, 1.54) is 5.56 Å². The molecule has 1 aromatic carbocycles. The molecule has 2 fully saturated rings. The van der Waals surface area contributed by atoms with Gasteiger partial charge in [0.25, 0.3) is 0 Å². The number of carbonyl (C=O) groups excluding carboxylic acids is 1. The molecule has 6 nitrogen and oxygen atoms in total. The van der Waals surface area contributed by atoms with Crippen LogP contribution >= 0.6 is 15.9 Å². The first-order chi connectivity index (χ1) is 13.2.